The Bertz CT molecular complexity index is 345. The highest BCUT2D eigenvalue weighted by Crippen LogP contribution is 2.27. The number of aromatic nitrogens is 1. The molecule has 0 amide bonds. The number of nitrogens with one attached hydrogen (secondary N) is 1. The van der Waals surface area contributed by atoms with Crippen LogP contribution < -0.4 is 5.32 Å². The van der Waals surface area contributed by atoms with E-state index in [4.69, 9.17) is 22.0 Å². The van der Waals surface area contributed by atoms with E-state index >= 15 is 0 Å². The van der Waals surface area contributed by atoms with Gasteiger partial charge in [0.05, 0.1) is 6.10 Å². The highest BCUT2D eigenvalue weighted by molar-refractivity contribution is 7.10. The predicted octanol–water partition coefficient (Wildman–Crippen LogP) is 1.85. The molecule has 0 spiro atoms. The van der Waals surface area contributed by atoms with Gasteiger partial charge in [-0.05, 0) is 24.9 Å². The summed E-state index contributed by atoms with van der Waals surface area (Å²) >= 11 is 6.83. The van der Waals surface area contributed by atoms with Crippen molar-refractivity contribution in [1.82, 2.24) is 4.37 Å². The molecule has 6 heteroatoms. The molecule has 1 aromatic heterocycles. The van der Waals surface area contributed by atoms with Gasteiger partial charge in [-0.2, -0.15) is 9.64 Å². The maximum atomic E-state index is 9.02. The quantitative estimate of drug-likeness (QED) is 0.830. The maximum Gasteiger partial charge on any atom is 0.162 e. The Kier molecular flexibility index (Phi) is 4.14. The zero-order chi connectivity index (χ0) is 10.6. The van der Waals surface area contributed by atoms with Crippen molar-refractivity contribution in [2.75, 3.05) is 11.9 Å². The molecule has 0 aliphatic rings. The summed E-state index contributed by atoms with van der Waals surface area (Å²) < 4.78 is 3.84. The fraction of sp³-hybridized carbons (Fsp3) is 0.500. The molecular formula is C8H10ClN3OS. The van der Waals surface area contributed by atoms with E-state index in [2.05, 4.69) is 9.69 Å². The molecule has 4 nitrogen and oxygen atoms in total. The second-order valence-corrected chi connectivity index (χ2v) is 3.99. The van der Waals surface area contributed by atoms with Crippen LogP contribution in [0.25, 0.3) is 0 Å². The first-order valence-corrected chi connectivity index (χ1v) is 5.27. The van der Waals surface area contributed by atoms with Gasteiger partial charge in [-0.15, -0.1) is 0 Å². The first-order valence-electron chi connectivity index (χ1n) is 4.12. The van der Waals surface area contributed by atoms with Gasteiger partial charge in [0.2, 0.25) is 0 Å². The van der Waals surface area contributed by atoms with Gasteiger partial charge in [-0.3, -0.25) is 0 Å². The van der Waals surface area contributed by atoms with Crippen LogP contribution >= 0.6 is 23.1 Å². The van der Waals surface area contributed by atoms with Crippen molar-refractivity contribution in [2.45, 2.75) is 19.4 Å². The number of nitrogens with zero attached hydrogens (tertiary/aromatic N) is 2. The summed E-state index contributed by atoms with van der Waals surface area (Å²) in [6.07, 6.45) is 0.275. The third-order valence-corrected chi connectivity index (χ3v) is 2.79. The van der Waals surface area contributed by atoms with E-state index in [9.17, 15) is 0 Å². The van der Waals surface area contributed by atoms with Crippen molar-refractivity contribution < 1.29 is 5.11 Å². The van der Waals surface area contributed by atoms with Gasteiger partial charge in [0.15, 0.2) is 5.15 Å². The molecule has 0 saturated carbocycles. The molecule has 0 aliphatic heterocycles. The molecule has 1 heterocycles. The Labute approximate surface area is 91.3 Å². The van der Waals surface area contributed by atoms with Crippen molar-refractivity contribution in [1.29, 1.82) is 5.26 Å². The minimum Gasteiger partial charge on any atom is -0.393 e. The lowest BCUT2D eigenvalue weighted by molar-refractivity contribution is 0.189. The second kappa shape index (κ2) is 5.15. The van der Waals surface area contributed by atoms with E-state index in [-0.39, 0.29) is 11.3 Å². The average Bonchev–Trinajstić information content (AvgIpc) is 2.46. The lowest BCUT2D eigenvalue weighted by Crippen LogP contribution is -2.09. The summed E-state index contributed by atoms with van der Waals surface area (Å²) in [6, 6.07) is 1.97. The lowest BCUT2D eigenvalue weighted by atomic mass is 10.3. The Morgan fingerprint density at radius 1 is 1.79 bits per heavy atom. The lowest BCUT2D eigenvalue weighted by Gasteiger charge is -2.05. The van der Waals surface area contributed by atoms with Crippen LogP contribution in [0.4, 0.5) is 5.00 Å². The molecule has 1 unspecified atom stereocenters. The molecular weight excluding hydrogens is 222 g/mol. The number of aliphatic hydroxyl groups is 1. The Balaban J connectivity index is 2.55. The van der Waals surface area contributed by atoms with Gasteiger partial charge in [0, 0.05) is 6.54 Å². The smallest absolute Gasteiger partial charge is 0.162 e. The van der Waals surface area contributed by atoms with Gasteiger partial charge in [-0.25, -0.2) is 0 Å². The van der Waals surface area contributed by atoms with Crippen molar-refractivity contribution >= 4 is 28.1 Å². The monoisotopic (exact) mass is 231 g/mol. The van der Waals surface area contributed by atoms with Crippen LogP contribution in [0.3, 0.4) is 0 Å². The Morgan fingerprint density at radius 2 is 2.50 bits per heavy atom. The topological polar surface area (TPSA) is 68.9 Å². The number of hydrogen-bond donors (Lipinski definition) is 2. The van der Waals surface area contributed by atoms with Gasteiger partial charge in [0.1, 0.15) is 16.6 Å². The van der Waals surface area contributed by atoms with Crippen LogP contribution in [0.1, 0.15) is 18.9 Å². The van der Waals surface area contributed by atoms with Gasteiger partial charge >= 0.3 is 0 Å². The van der Waals surface area contributed by atoms with Gasteiger partial charge < -0.3 is 10.4 Å². The number of halogens is 1. The second-order valence-electron chi connectivity index (χ2n) is 2.85. The van der Waals surface area contributed by atoms with Crippen LogP contribution in [-0.2, 0) is 0 Å². The zero-order valence-electron chi connectivity index (χ0n) is 7.62. The van der Waals surface area contributed by atoms with E-state index in [1.165, 1.54) is 0 Å². The summed E-state index contributed by atoms with van der Waals surface area (Å²) in [4.78, 5) is 0. The standard InChI is InChI=1S/C8H10ClN3OS/c1-5(13)2-3-11-8-6(4-10)7(9)12-14-8/h5,11,13H,2-3H2,1H3. The van der Waals surface area contributed by atoms with E-state index in [0.717, 1.165) is 11.5 Å². The van der Waals surface area contributed by atoms with E-state index in [0.29, 0.717) is 23.5 Å². The summed E-state index contributed by atoms with van der Waals surface area (Å²) in [6.45, 7) is 2.32. The fourth-order valence-electron chi connectivity index (χ4n) is 0.883. The largest absolute Gasteiger partial charge is 0.393 e. The summed E-state index contributed by atoms with van der Waals surface area (Å²) in [5, 5.41) is 21.7. The van der Waals surface area contributed by atoms with Crippen LogP contribution in [0, 0.1) is 11.3 Å². The number of anilines is 1. The molecule has 2 N–H and O–H groups in total. The third-order valence-electron chi connectivity index (χ3n) is 1.61. The molecule has 0 saturated heterocycles. The molecule has 76 valence electrons. The van der Waals surface area contributed by atoms with Crippen LogP contribution in [0.2, 0.25) is 5.15 Å². The molecule has 1 aromatic rings. The molecule has 0 bridgehead atoms. The average molecular weight is 232 g/mol. The first kappa shape index (κ1) is 11.2. The summed E-state index contributed by atoms with van der Waals surface area (Å²) in [5.41, 5.74) is 0.377. The third kappa shape index (κ3) is 2.84. The SMILES string of the molecule is CC(O)CCNc1snc(Cl)c1C#N. The minimum absolute atomic E-state index is 0.233. The minimum atomic E-state index is -0.351. The fourth-order valence-corrected chi connectivity index (χ4v) is 1.84. The molecule has 0 aliphatic carbocycles. The number of rotatable bonds is 4. The van der Waals surface area contributed by atoms with Crippen molar-refractivity contribution in [3.8, 4) is 6.07 Å². The van der Waals surface area contributed by atoms with E-state index in [1.807, 2.05) is 6.07 Å². The zero-order valence-corrected chi connectivity index (χ0v) is 9.19. The van der Waals surface area contributed by atoms with Crippen LogP contribution in [0.15, 0.2) is 0 Å². The van der Waals surface area contributed by atoms with Gasteiger partial charge in [0.25, 0.3) is 0 Å². The Hall–Kier alpha value is -0.830. The first-order chi connectivity index (χ1) is 6.65. The van der Waals surface area contributed by atoms with Crippen LogP contribution in [0.5, 0.6) is 0 Å². The molecule has 1 atom stereocenters. The normalized spacial score (nSPS) is 12.1. The molecule has 0 radical (unpaired) electrons. The van der Waals surface area contributed by atoms with Crippen molar-refractivity contribution in [2.24, 2.45) is 0 Å². The summed E-state index contributed by atoms with van der Waals surface area (Å²) in [7, 11) is 0. The van der Waals surface area contributed by atoms with Crippen molar-refractivity contribution in [3.63, 3.8) is 0 Å². The van der Waals surface area contributed by atoms with E-state index in [1.54, 1.807) is 6.92 Å². The molecule has 0 fully saturated rings. The number of nitriles is 1. The summed E-state index contributed by atoms with van der Waals surface area (Å²) in [5.74, 6) is 0. The number of hydrogen-bond acceptors (Lipinski definition) is 5. The molecule has 1 rings (SSSR count). The maximum absolute atomic E-state index is 9.02. The van der Waals surface area contributed by atoms with Crippen LogP contribution in [-0.4, -0.2) is 22.1 Å². The molecule has 14 heavy (non-hydrogen) atoms. The Morgan fingerprint density at radius 3 is 3.07 bits per heavy atom. The predicted molar refractivity (Wildman–Crippen MR) is 56.6 cm³/mol. The highest BCUT2D eigenvalue weighted by atomic mass is 35.5. The van der Waals surface area contributed by atoms with Gasteiger partial charge in [-0.1, -0.05) is 11.6 Å². The van der Waals surface area contributed by atoms with Crippen molar-refractivity contribution in [3.05, 3.63) is 10.7 Å². The molecule has 0 aromatic carbocycles. The number of aliphatic hydroxyl groups excluding tert-OH is 1. The highest BCUT2D eigenvalue weighted by Gasteiger charge is 2.10. The van der Waals surface area contributed by atoms with E-state index < -0.39 is 0 Å².